The minimum absolute atomic E-state index is 0.206. The first-order valence-corrected chi connectivity index (χ1v) is 8.21. The number of hydrogen-bond donors (Lipinski definition) is 3. The number of amides is 1. The van der Waals surface area contributed by atoms with E-state index in [0.717, 1.165) is 11.8 Å². The van der Waals surface area contributed by atoms with Crippen LogP contribution in [0.25, 0.3) is 0 Å². The molecule has 0 aliphatic heterocycles. The van der Waals surface area contributed by atoms with Gasteiger partial charge in [-0.2, -0.15) is 5.26 Å². The molecule has 2 bridgehead atoms. The molecule has 1 aromatic rings. The van der Waals surface area contributed by atoms with Gasteiger partial charge in [0.15, 0.2) is 0 Å². The van der Waals surface area contributed by atoms with Crippen molar-refractivity contribution in [3.63, 3.8) is 0 Å². The summed E-state index contributed by atoms with van der Waals surface area (Å²) in [6.07, 6.45) is 5.29. The van der Waals surface area contributed by atoms with Gasteiger partial charge in [0.2, 0.25) is 0 Å². The summed E-state index contributed by atoms with van der Waals surface area (Å²) in [5.41, 5.74) is 11.7. The van der Waals surface area contributed by atoms with Crippen molar-refractivity contribution < 1.29 is 4.79 Å². The second kappa shape index (κ2) is 5.23. The van der Waals surface area contributed by atoms with Gasteiger partial charge in [-0.1, -0.05) is 6.42 Å². The molecule has 4 unspecified atom stereocenters. The minimum Gasteiger partial charge on any atom is -0.396 e. The van der Waals surface area contributed by atoms with Crippen molar-refractivity contribution in [2.75, 3.05) is 11.1 Å². The second-order valence-corrected chi connectivity index (χ2v) is 7.32. The van der Waals surface area contributed by atoms with Crippen LogP contribution in [0.3, 0.4) is 0 Å². The molecule has 1 heterocycles. The van der Waals surface area contributed by atoms with Gasteiger partial charge in [-0.05, 0) is 43.9 Å². The van der Waals surface area contributed by atoms with Gasteiger partial charge in [0.05, 0.1) is 11.3 Å². The lowest BCUT2D eigenvalue weighted by Crippen LogP contribution is -2.30. The number of primary amides is 1. The number of fused-ring (bicyclic) bond motifs is 2. The highest BCUT2D eigenvalue weighted by molar-refractivity contribution is 7.17. The molecule has 3 rings (SSSR count). The average Bonchev–Trinajstić information content (AvgIpc) is 3.12. The molecular weight excluding hydrogens is 284 g/mol. The number of nitrogen functional groups attached to an aromatic ring is 1. The van der Waals surface area contributed by atoms with Crippen LogP contribution in [0.4, 0.5) is 10.7 Å². The summed E-state index contributed by atoms with van der Waals surface area (Å²) in [6.45, 7) is 2.15. The third-order valence-corrected chi connectivity index (χ3v) is 6.13. The van der Waals surface area contributed by atoms with Gasteiger partial charge in [-0.25, -0.2) is 0 Å². The van der Waals surface area contributed by atoms with Crippen LogP contribution in [-0.4, -0.2) is 11.9 Å². The first-order chi connectivity index (χ1) is 10.0. The fourth-order valence-electron chi connectivity index (χ4n) is 4.09. The first-order valence-electron chi connectivity index (χ1n) is 7.40. The quantitative estimate of drug-likeness (QED) is 0.794. The maximum Gasteiger partial charge on any atom is 0.253 e. The van der Waals surface area contributed by atoms with E-state index in [1.54, 1.807) is 0 Å². The second-order valence-electron chi connectivity index (χ2n) is 6.30. The standard InChI is InChI=1S/C15H20N4OS/c1-7(10-5-8-2-3-9(10)4-8)19-15-12(14(18)20)13(17)11(6-16)21-15/h7-10,19H,2-5,17H2,1H3,(H2,18,20). The summed E-state index contributed by atoms with van der Waals surface area (Å²) in [6, 6.07) is 2.29. The van der Waals surface area contributed by atoms with E-state index >= 15 is 0 Å². The number of nitriles is 1. The molecule has 0 aromatic carbocycles. The summed E-state index contributed by atoms with van der Waals surface area (Å²) in [7, 11) is 0. The summed E-state index contributed by atoms with van der Waals surface area (Å²) in [4.78, 5) is 12.0. The van der Waals surface area contributed by atoms with Crippen LogP contribution < -0.4 is 16.8 Å². The lowest BCUT2D eigenvalue weighted by molar-refractivity contribution is 0.100. The van der Waals surface area contributed by atoms with E-state index < -0.39 is 5.91 Å². The molecule has 4 atom stereocenters. The normalized spacial score (nSPS) is 28.3. The molecule has 2 aliphatic carbocycles. The zero-order valence-corrected chi connectivity index (χ0v) is 12.9. The monoisotopic (exact) mass is 304 g/mol. The molecule has 0 saturated heterocycles. The molecule has 2 fully saturated rings. The highest BCUT2D eigenvalue weighted by Gasteiger charge is 2.42. The molecule has 1 aromatic heterocycles. The molecule has 112 valence electrons. The van der Waals surface area contributed by atoms with E-state index in [0.29, 0.717) is 15.8 Å². The molecule has 2 aliphatic rings. The molecule has 5 nitrogen and oxygen atoms in total. The predicted molar refractivity (Wildman–Crippen MR) is 84.0 cm³/mol. The summed E-state index contributed by atoms with van der Waals surface area (Å²) in [5, 5.41) is 13.1. The summed E-state index contributed by atoms with van der Waals surface area (Å²) >= 11 is 1.22. The number of carbonyl (C=O) groups excluding carboxylic acids is 1. The predicted octanol–water partition coefficient (Wildman–Crippen LogP) is 2.54. The molecule has 21 heavy (non-hydrogen) atoms. The Morgan fingerprint density at radius 1 is 1.48 bits per heavy atom. The van der Waals surface area contributed by atoms with Crippen LogP contribution in [0.1, 0.15) is 47.8 Å². The lowest BCUT2D eigenvalue weighted by Gasteiger charge is -2.29. The zero-order chi connectivity index (χ0) is 15.1. The van der Waals surface area contributed by atoms with Crippen LogP contribution in [-0.2, 0) is 0 Å². The van der Waals surface area contributed by atoms with Gasteiger partial charge < -0.3 is 16.8 Å². The highest BCUT2D eigenvalue weighted by atomic mass is 32.1. The Kier molecular flexibility index (Phi) is 3.54. The van der Waals surface area contributed by atoms with E-state index in [1.165, 1.54) is 37.0 Å². The number of carbonyl (C=O) groups is 1. The van der Waals surface area contributed by atoms with Crippen molar-refractivity contribution in [3.8, 4) is 6.07 Å². The maximum absolute atomic E-state index is 11.6. The number of nitrogens with one attached hydrogen (secondary N) is 1. The highest BCUT2D eigenvalue weighted by Crippen LogP contribution is 2.50. The fourth-order valence-corrected chi connectivity index (χ4v) is 5.11. The number of nitrogens with zero attached hydrogens (tertiary/aromatic N) is 1. The number of thiophene rings is 1. The lowest BCUT2D eigenvalue weighted by atomic mass is 9.84. The van der Waals surface area contributed by atoms with E-state index in [1.807, 2.05) is 6.07 Å². The molecular formula is C15H20N4OS. The van der Waals surface area contributed by atoms with E-state index in [9.17, 15) is 4.79 Å². The zero-order valence-electron chi connectivity index (χ0n) is 12.1. The summed E-state index contributed by atoms with van der Waals surface area (Å²) < 4.78 is 0. The third-order valence-electron chi connectivity index (χ3n) is 5.09. The van der Waals surface area contributed by atoms with Crippen LogP contribution in [0.15, 0.2) is 0 Å². The number of rotatable bonds is 4. The van der Waals surface area contributed by atoms with E-state index in [2.05, 4.69) is 12.2 Å². The van der Waals surface area contributed by atoms with E-state index in [4.69, 9.17) is 16.7 Å². The van der Waals surface area contributed by atoms with Gasteiger partial charge >= 0.3 is 0 Å². The minimum atomic E-state index is -0.576. The maximum atomic E-state index is 11.6. The van der Waals surface area contributed by atoms with Crippen molar-refractivity contribution in [1.82, 2.24) is 0 Å². The van der Waals surface area contributed by atoms with Crippen molar-refractivity contribution in [1.29, 1.82) is 5.26 Å². The SMILES string of the molecule is CC(Nc1sc(C#N)c(N)c1C(N)=O)C1CC2CCC1C2. The van der Waals surface area contributed by atoms with Crippen LogP contribution in [0, 0.1) is 29.1 Å². The summed E-state index contributed by atoms with van der Waals surface area (Å²) in [5.74, 6) is 1.73. The topological polar surface area (TPSA) is 105 Å². The molecule has 0 spiro atoms. The molecule has 5 N–H and O–H groups in total. The van der Waals surface area contributed by atoms with Crippen molar-refractivity contribution >= 4 is 27.9 Å². The average molecular weight is 304 g/mol. The van der Waals surface area contributed by atoms with Gasteiger partial charge in [0, 0.05) is 6.04 Å². The third kappa shape index (κ3) is 2.36. The Labute approximate surface area is 128 Å². The van der Waals surface area contributed by atoms with Crippen LogP contribution in [0.5, 0.6) is 0 Å². The van der Waals surface area contributed by atoms with Crippen molar-refractivity contribution in [2.24, 2.45) is 23.5 Å². The Morgan fingerprint density at radius 2 is 2.24 bits per heavy atom. The number of anilines is 2. The first kappa shape index (κ1) is 14.2. The van der Waals surface area contributed by atoms with E-state index in [-0.39, 0.29) is 17.3 Å². The van der Waals surface area contributed by atoms with Gasteiger partial charge in [0.1, 0.15) is 15.9 Å². The van der Waals surface area contributed by atoms with Gasteiger partial charge in [0.25, 0.3) is 5.91 Å². The smallest absolute Gasteiger partial charge is 0.253 e. The molecule has 2 saturated carbocycles. The van der Waals surface area contributed by atoms with Crippen molar-refractivity contribution in [2.45, 2.75) is 38.6 Å². The van der Waals surface area contributed by atoms with Gasteiger partial charge in [-0.3, -0.25) is 4.79 Å². The number of nitrogens with two attached hydrogens (primary N) is 2. The number of hydrogen-bond acceptors (Lipinski definition) is 5. The molecule has 0 radical (unpaired) electrons. The Balaban J connectivity index is 1.81. The Morgan fingerprint density at radius 3 is 2.76 bits per heavy atom. The van der Waals surface area contributed by atoms with Gasteiger partial charge in [-0.15, -0.1) is 11.3 Å². The fraction of sp³-hybridized carbons (Fsp3) is 0.600. The molecule has 1 amide bonds. The van der Waals surface area contributed by atoms with Crippen molar-refractivity contribution in [3.05, 3.63) is 10.4 Å². The van der Waals surface area contributed by atoms with Crippen LogP contribution in [0.2, 0.25) is 0 Å². The Bertz CT molecular complexity index is 618. The van der Waals surface area contributed by atoms with Crippen LogP contribution >= 0.6 is 11.3 Å². The molecule has 6 heteroatoms. The largest absolute Gasteiger partial charge is 0.396 e. The Hall–Kier alpha value is -1.74.